The summed E-state index contributed by atoms with van der Waals surface area (Å²) in [6.07, 6.45) is 4.57. The molecule has 0 spiro atoms. The summed E-state index contributed by atoms with van der Waals surface area (Å²) in [4.78, 5) is 23.3. The van der Waals surface area contributed by atoms with Gasteiger partial charge in [-0.25, -0.2) is 4.79 Å². The minimum atomic E-state index is -0.442. The van der Waals surface area contributed by atoms with Gasteiger partial charge in [-0.1, -0.05) is 72.8 Å². The Morgan fingerprint density at radius 2 is 1.62 bits per heavy atom. The number of hydrogen-bond donors (Lipinski definition) is 0. The van der Waals surface area contributed by atoms with Crippen LogP contribution in [0.4, 0.5) is 0 Å². The zero-order chi connectivity index (χ0) is 20.5. The number of benzene rings is 3. The summed E-state index contributed by atoms with van der Waals surface area (Å²) in [5.74, 6) is -0.141. The fourth-order valence-electron chi connectivity index (χ4n) is 2.91. The van der Waals surface area contributed by atoms with Crippen molar-refractivity contribution in [3.63, 3.8) is 0 Å². The number of allylic oxidation sites excluding steroid dienone is 1. The van der Waals surface area contributed by atoms with Gasteiger partial charge in [0.05, 0.1) is 18.6 Å². The SMILES string of the molecule is COC(=O)c1ccc(C=CC(C=O)c2ccccc2OCc2ccccc2)cc1. The molecule has 0 heterocycles. The quantitative estimate of drug-likeness (QED) is 0.402. The van der Waals surface area contributed by atoms with Crippen LogP contribution in [0.15, 0.2) is 84.9 Å². The fraction of sp³-hybridized carbons (Fsp3) is 0.120. The number of esters is 1. The van der Waals surface area contributed by atoms with Crippen molar-refractivity contribution in [2.24, 2.45) is 0 Å². The van der Waals surface area contributed by atoms with E-state index in [2.05, 4.69) is 0 Å². The first-order valence-corrected chi connectivity index (χ1v) is 9.29. The smallest absolute Gasteiger partial charge is 0.337 e. The van der Waals surface area contributed by atoms with Gasteiger partial charge in [0, 0.05) is 5.56 Å². The molecule has 4 nitrogen and oxygen atoms in total. The highest BCUT2D eigenvalue weighted by atomic mass is 16.5. The minimum Gasteiger partial charge on any atom is -0.489 e. The van der Waals surface area contributed by atoms with Gasteiger partial charge in [-0.05, 0) is 29.3 Å². The summed E-state index contributed by atoms with van der Waals surface area (Å²) < 4.78 is 10.7. The minimum absolute atomic E-state index is 0.379. The molecule has 0 radical (unpaired) electrons. The van der Waals surface area contributed by atoms with E-state index < -0.39 is 5.92 Å². The zero-order valence-corrected chi connectivity index (χ0v) is 16.2. The van der Waals surface area contributed by atoms with Gasteiger partial charge in [0.2, 0.25) is 0 Å². The molecule has 0 bridgehead atoms. The average Bonchev–Trinajstić information content (AvgIpc) is 2.79. The summed E-state index contributed by atoms with van der Waals surface area (Å²) in [6.45, 7) is 0.433. The Kier molecular flexibility index (Phi) is 6.95. The number of methoxy groups -OCH3 is 1. The number of rotatable bonds is 8. The molecule has 3 rings (SSSR count). The van der Waals surface area contributed by atoms with Crippen LogP contribution in [0.2, 0.25) is 0 Å². The zero-order valence-electron chi connectivity index (χ0n) is 16.2. The Bertz CT molecular complexity index is 975. The van der Waals surface area contributed by atoms with Crippen molar-refractivity contribution >= 4 is 18.3 Å². The molecule has 0 saturated carbocycles. The first-order valence-electron chi connectivity index (χ1n) is 9.29. The van der Waals surface area contributed by atoms with Crippen molar-refractivity contribution in [3.8, 4) is 5.75 Å². The van der Waals surface area contributed by atoms with Crippen molar-refractivity contribution in [1.82, 2.24) is 0 Å². The largest absolute Gasteiger partial charge is 0.489 e. The Morgan fingerprint density at radius 3 is 2.31 bits per heavy atom. The Morgan fingerprint density at radius 1 is 0.931 bits per heavy atom. The van der Waals surface area contributed by atoms with Crippen LogP contribution in [-0.4, -0.2) is 19.4 Å². The maximum atomic E-state index is 11.8. The third-order valence-corrected chi connectivity index (χ3v) is 4.49. The lowest BCUT2D eigenvalue weighted by Crippen LogP contribution is -2.03. The molecule has 0 aliphatic carbocycles. The van der Waals surface area contributed by atoms with Crippen molar-refractivity contribution in [1.29, 1.82) is 0 Å². The molecule has 3 aromatic carbocycles. The number of hydrogen-bond acceptors (Lipinski definition) is 4. The molecule has 0 N–H and O–H groups in total. The van der Waals surface area contributed by atoms with Gasteiger partial charge < -0.3 is 14.3 Å². The van der Waals surface area contributed by atoms with Crippen molar-refractivity contribution in [3.05, 3.63) is 107 Å². The van der Waals surface area contributed by atoms with E-state index >= 15 is 0 Å². The summed E-state index contributed by atoms with van der Waals surface area (Å²) in [5, 5.41) is 0. The average molecular weight is 386 g/mol. The van der Waals surface area contributed by atoms with Gasteiger partial charge in [0.25, 0.3) is 0 Å². The maximum Gasteiger partial charge on any atom is 0.337 e. The first kappa shape index (κ1) is 20.1. The van der Waals surface area contributed by atoms with E-state index in [0.29, 0.717) is 17.9 Å². The van der Waals surface area contributed by atoms with Crippen LogP contribution in [0.25, 0.3) is 6.08 Å². The second-order valence-electron chi connectivity index (χ2n) is 6.45. The van der Waals surface area contributed by atoms with Crippen molar-refractivity contribution in [2.75, 3.05) is 7.11 Å². The van der Waals surface area contributed by atoms with Crippen molar-refractivity contribution < 1.29 is 19.1 Å². The highest BCUT2D eigenvalue weighted by Crippen LogP contribution is 2.28. The van der Waals surface area contributed by atoms with Gasteiger partial charge in [0.15, 0.2) is 0 Å². The van der Waals surface area contributed by atoms with E-state index in [1.165, 1.54) is 7.11 Å². The lowest BCUT2D eigenvalue weighted by atomic mass is 9.98. The van der Waals surface area contributed by atoms with Crippen LogP contribution in [0.5, 0.6) is 5.75 Å². The second kappa shape index (κ2) is 10.0. The molecule has 1 atom stereocenters. The van der Waals surface area contributed by atoms with Crippen LogP contribution in [0, 0.1) is 0 Å². The van der Waals surface area contributed by atoms with Crippen LogP contribution >= 0.6 is 0 Å². The van der Waals surface area contributed by atoms with Crippen LogP contribution in [0.1, 0.15) is 33.0 Å². The topological polar surface area (TPSA) is 52.6 Å². The van der Waals surface area contributed by atoms with E-state index in [4.69, 9.17) is 9.47 Å². The molecule has 0 fully saturated rings. The summed E-state index contributed by atoms with van der Waals surface area (Å²) >= 11 is 0. The molecule has 0 aromatic heterocycles. The van der Waals surface area contributed by atoms with E-state index in [-0.39, 0.29) is 5.97 Å². The predicted molar refractivity (Wildman–Crippen MR) is 113 cm³/mol. The lowest BCUT2D eigenvalue weighted by Gasteiger charge is -2.14. The van der Waals surface area contributed by atoms with Crippen molar-refractivity contribution in [2.45, 2.75) is 12.5 Å². The predicted octanol–water partition coefficient (Wildman–Crippen LogP) is 5.05. The van der Waals surface area contributed by atoms with Gasteiger partial charge in [0.1, 0.15) is 18.6 Å². The van der Waals surface area contributed by atoms with E-state index in [9.17, 15) is 9.59 Å². The summed E-state index contributed by atoms with van der Waals surface area (Å²) in [7, 11) is 1.35. The van der Waals surface area contributed by atoms with Gasteiger partial charge >= 0.3 is 5.97 Å². The molecule has 29 heavy (non-hydrogen) atoms. The van der Waals surface area contributed by atoms with Gasteiger partial charge in [-0.15, -0.1) is 0 Å². The molecule has 4 heteroatoms. The van der Waals surface area contributed by atoms with E-state index in [0.717, 1.165) is 23.0 Å². The van der Waals surface area contributed by atoms with Crippen LogP contribution < -0.4 is 4.74 Å². The van der Waals surface area contributed by atoms with Gasteiger partial charge in [-0.2, -0.15) is 0 Å². The third-order valence-electron chi connectivity index (χ3n) is 4.49. The Hall–Kier alpha value is -3.66. The highest BCUT2D eigenvalue weighted by molar-refractivity contribution is 5.89. The number of carbonyl (C=O) groups excluding carboxylic acids is 2. The first-order chi connectivity index (χ1) is 14.2. The highest BCUT2D eigenvalue weighted by Gasteiger charge is 2.13. The van der Waals surface area contributed by atoms with Gasteiger partial charge in [-0.3, -0.25) is 0 Å². The summed E-state index contributed by atoms with van der Waals surface area (Å²) in [6, 6.07) is 24.4. The summed E-state index contributed by atoms with van der Waals surface area (Å²) in [5.41, 5.74) is 3.23. The van der Waals surface area contributed by atoms with Crippen LogP contribution in [-0.2, 0) is 16.1 Å². The molecule has 0 aliphatic heterocycles. The molecule has 1 unspecified atom stereocenters. The second-order valence-corrected chi connectivity index (χ2v) is 6.45. The number of para-hydroxylation sites is 1. The number of aldehydes is 1. The Labute approximate surface area is 170 Å². The molecule has 0 saturated heterocycles. The molecule has 146 valence electrons. The normalized spacial score (nSPS) is 11.8. The lowest BCUT2D eigenvalue weighted by molar-refractivity contribution is -0.108. The maximum absolute atomic E-state index is 11.8. The van der Waals surface area contributed by atoms with E-state index in [1.54, 1.807) is 12.1 Å². The molecule has 0 amide bonds. The fourth-order valence-corrected chi connectivity index (χ4v) is 2.91. The van der Waals surface area contributed by atoms with E-state index in [1.807, 2.05) is 78.9 Å². The molecule has 3 aromatic rings. The number of ether oxygens (including phenoxy) is 2. The van der Waals surface area contributed by atoms with Crippen LogP contribution in [0.3, 0.4) is 0 Å². The Balaban J connectivity index is 1.75. The molecule has 0 aliphatic rings. The third kappa shape index (κ3) is 5.42. The monoisotopic (exact) mass is 386 g/mol. The molecular formula is C25H22O4. The molecular weight excluding hydrogens is 364 g/mol. The number of carbonyl (C=O) groups is 2. The standard InChI is InChI=1S/C25H22O4/c1-28-25(27)21-14-11-19(12-15-21)13-16-22(17-26)23-9-5-6-10-24(23)29-18-20-7-3-2-4-8-20/h2-17,22H,18H2,1H3.